The first kappa shape index (κ1) is 11.6. The van der Waals surface area contributed by atoms with Crippen molar-refractivity contribution in [1.29, 1.82) is 0 Å². The SMILES string of the molecule is CC1CCC(O)(CN2C(=O)CCC2=O)CC1. The number of aliphatic hydroxyl groups is 1. The van der Waals surface area contributed by atoms with Crippen molar-refractivity contribution in [3.05, 3.63) is 0 Å². The molecule has 4 heteroatoms. The lowest BCUT2D eigenvalue weighted by molar-refractivity contribution is -0.143. The van der Waals surface area contributed by atoms with Crippen molar-refractivity contribution in [3.8, 4) is 0 Å². The van der Waals surface area contributed by atoms with Crippen molar-refractivity contribution >= 4 is 11.8 Å². The van der Waals surface area contributed by atoms with E-state index in [9.17, 15) is 14.7 Å². The third-order valence-electron chi connectivity index (χ3n) is 3.81. The lowest BCUT2D eigenvalue weighted by atomic mass is 9.79. The fourth-order valence-corrected chi connectivity index (χ4v) is 2.55. The third kappa shape index (κ3) is 2.26. The van der Waals surface area contributed by atoms with Crippen LogP contribution < -0.4 is 0 Å². The molecule has 0 bridgehead atoms. The number of carbonyl (C=O) groups is 2. The van der Waals surface area contributed by atoms with Gasteiger partial charge in [0.1, 0.15) is 0 Å². The molecule has 2 rings (SSSR count). The van der Waals surface area contributed by atoms with Crippen LogP contribution in [0.3, 0.4) is 0 Å². The maximum absolute atomic E-state index is 11.5. The first-order valence-electron chi connectivity index (χ1n) is 6.06. The Hall–Kier alpha value is -0.900. The zero-order valence-electron chi connectivity index (χ0n) is 9.74. The van der Waals surface area contributed by atoms with Gasteiger partial charge in [0.15, 0.2) is 0 Å². The van der Waals surface area contributed by atoms with E-state index in [1.807, 2.05) is 0 Å². The zero-order chi connectivity index (χ0) is 11.8. The van der Waals surface area contributed by atoms with Gasteiger partial charge in [-0.1, -0.05) is 6.92 Å². The van der Waals surface area contributed by atoms with Gasteiger partial charge in [0, 0.05) is 12.8 Å². The van der Waals surface area contributed by atoms with Gasteiger partial charge in [-0.25, -0.2) is 0 Å². The van der Waals surface area contributed by atoms with Crippen molar-refractivity contribution in [1.82, 2.24) is 4.90 Å². The summed E-state index contributed by atoms with van der Waals surface area (Å²) in [6.45, 7) is 2.38. The van der Waals surface area contributed by atoms with Crippen LogP contribution in [-0.2, 0) is 9.59 Å². The minimum Gasteiger partial charge on any atom is -0.388 e. The van der Waals surface area contributed by atoms with Gasteiger partial charge in [0.2, 0.25) is 11.8 Å². The summed E-state index contributed by atoms with van der Waals surface area (Å²) in [5.41, 5.74) is -0.831. The minimum atomic E-state index is -0.831. The van der Waals surface area contributed by atoms with E-state index in [4.69, 9.17) is 0 Å². The number of hydrogen-bond donors (Lipinski definition) is 1. The van der Waals surface area contributed by atoms with E-state index in [1.54, 1.807) is 0 Å². The van der Waals surface area contributed by atoms with Crippen molar-refractivity contribution in [3.63, 3.8) is 0 Å². The van der Waals surface area contributed by atoms with Crippen LogP contribution in [0.2, 0.25) is 0 Å². The molecule has 1 N–H and O–H groups in total. The average molecular weight is 225 g/mol. The third-order valence-corrected chi connectivity index (χ3v) is 3.81. The summed E-state index contributed by atoms with van der Waals surface area (Å²) >= 11 is 0. The van der Waals surface area contributed by atoms with Gasteiger partial charge in [0.25, 0.3) is 0 Å². The zero-order valence-corrected chi connectivity index (χ0v) is 9.74. The molecule has 1 saturated heterocycles. The highest BCUT2D eigenvalue weighted by Gasteiger charge is 2.39. The van der Waals surface area contributed by atoms with Gasteiger partial charge < -0.3 is 5.11 Å². The molecule has 0 spiro atoms. The number of hydrogen-bond acceptors (Lipinski definition) is 3. The van der Waals surface area contributed by atoms with Crippen LogP contribution in [0, 0.1) is 5.92 Å². The fourth-order valence-electron chi connectivity index (χ4n) is 2.55. The number of rotatable bonds is 2. The maximum Gasteiger partial charge on any atom is 0.229 e. The van der Waals surface area contributed by atoms with Gasteiger partial charge in [0.05, 0.1) is 12.1 Å². The Bertz CT molecular complexity index is 289. The second-order valence-electron chi connectivity index (χ2n) is 5.28. The summed E-state index contributed by atoms with van der Waals surface area (Å²) in [6.07, 6.45) is 3.98. The van der Waals surface area contributed by atoms with Gasteiger partial charge in [-0.05, 0) is 31.6 Å². The van der Waals surface area contributed by atoms with Crippen LogP contribution in [0.1, 0.15) is 45.4 Å². The molecule has 16 heavy (non-hydrogen) atoms. The highest BCUT2D eigenvalue weighted by Crippen LogP contribution is 2.33. The standard InChI is InChI=1S/C12H19NO3/c1-9-4-6-12(16,7-5-9)8-13-10(14)2-3-11(13)15/h9,16H,2-8H2,1H3. The Morgan fingerprint density at radius 1 is 1.25 bits per heavy atom. The molecular formula is C12H19NO3. The van der Waals surface area contributed by atoms with Crippen LogP contribution in [0.15, 0.2) is 0 Å². The first-order chi connectivity index (χ1) is 7.50. The summed E-state index contributed by atoms with van der Waals surface area (Å²) in [4.78, 5) is 24.2. The molecule has 2 amide bonds. The summed E-state index contributed by atoms with van der Waals surface area (Å²) in [6, 6.07) is 0. The number of amides is 2. The molecule has 0 unspecified atom stereocenters. The van der Waals surface area contributed by atoms with Gasteiger partial charge in [-0.15, -0.1) is 0 Å². The number of carbonyl (C=O) groups excluding carboxylic acids is 2. The number of nitrogens with zero attached hydrogens (tertiary/aromatic N) is 1. The van der Waals surface area contributed by atoms with Crippen LogP contribution >= 0.6 is 0 Å². The molecule has 1 heterocycles. The summed E-state index contributed by atoms with van der Waals surface area (Å²) in [7, 11) is 0. The molecule has 0 atom stereocenters. The van der Waals surface area contributed by atoms with Crippen LogP contribution in [0.25, 0.3) is 0 Å². The van der Waals surface area contributed by atoms with Gasteiger partial charge >= 0.3 is 0 Å². The highest BCUT2D eigenvalue weighted by atomic mass is 16.3. The summed E-state index contributed by atoms with van der Waals surface area (Å²) in [5.74, 6) is 0.388. The summed E-state index contributed by atoms with van der Waals surface area (Å²) < 4.78 is 0. The Morgan fingerprint density at radius 2 is 1.75 bits per heavy atom. The van der Waals surface area contributed by atoms with Crippen LogP contribution in [0.4, 0.5) is 0 Å². The lowest BCUT2D eigenvalue weighted by Gasteiger charge is -2.37. The van der Waals surface area contributed by atoms with E-state index in [-0.39, 0.29) is 18.4 Å². The predicted octanol–water partition coefficient (Wildman–Crippen LogP) is 1.08. The van der Waals surface area contributed by atoms with E-state index in [1.165, 1.54) is 4.90 Å². The second kappa shape index (κ2) is 4.17. The Kier molecular flexibility index (Phi) is 3.02. The molecule has 1 aliphatic heterocycles. The number of likely N-dealkylation sites (tertiary alicyclic amines) is 1. The largest absolute Gasteiger partial charge is 0.388 e. The molecule has 4 nitrogen and oxygen atoms in total. The Morgan fingerprint density at radius 3 is 2.25 bits per heavy atom. The molecule has 1 aliphatic carbocycles. The highest BCUT2D eigenvalue weighted by molar-refractivity contribution is 6.01. The molecule has 2 fully saturated rings. The van der Waals surface area contributed by atoms with Crippen molar-refractivity contribution in [2.75, 3.05) is 6.54 Å². The molecule has 2 aliphatic rings. The van der Waals surface area contributed by atoms with Crippen molar-refractivity contribution in [2.24, 2.45) is 5.92 Å². The molecule has 0 aromatic rings. The quantitative estimate of drug-likeness (QED) is 0.715. The number of imide groups is 1. The lowest BCUT2D eigenvalue weighted by Crippen LogP contribution is -2.47. The molecule has 1 saturated carbocycles. The fraction of sp³-hybridized carbons (Fsp3) is 0.833. The minimum absolute atomic E-state index is 0.128. The summed E-state index contributed by atoms with van der Waals surface area (Å²) in [5, 5.41) is 10.3. The van der Waals surface area contributed by atoms with E-state index in [0.717, 1.165) is 12.8 Å². The Labute approximate surface area is 95.6 Å². The van der Waals surface area contributed by atoms with E-state index in [0.29, 0.717) is 31.6 Å². The van der Waals surface area contributed by atoms with Gasteiger partial charge in [-0.3, -0.25) is 14.5 Å². The molecule has 90 valence electrons. The molecular weight excluding hydrogens is 206 g/mol. The van der Waals surface area contributed by atoms with E-state index >= 15 is 0 Å². The van der Waals surface area contributed by atoms with Crippen molar-refractivity contribution < 1.29 is 14.7 Å². The first-order valence-corrected chi connectivity index (χ1v) is 6.06. The molecule has 0 aromatic carbocycles. The van der Waals surface area contributed by atoms with Gasteiger partial charge in [-0.2, -0.15) is 0 Å². The normalized spacial score (nSPS) is 35.9. The van der Waals surface area contributed by atoms with Crippen LogP contribution in [0.5, 0.6) is 0 Å². The van der Waals surface area contributed by atoms with Crippen molar-refractivity contribution in [2.45, 2.75) is 51.0 Å². The van der Waals surface area contributed by atoms with Crippen LogP contribution in [-0.4, -0.2) is 34.0 Å². The average Bonchev–Trinajstić information content (AvgIpc) is 2.55. The molecule has 0 aromatic heterocycles. The topological polar surface area (TPSA) is 57.6 Å². The maximum atomic E-state index is 11.5. The smallest absolute Gasteiger partial charge is 0.229 e. The van der Waals surface area contributed by atoms with E-state index in [2.05, 4.69) is 6.92 Å². The Balaban J connectivity index is 1.98. The monoisotopic (exact) mass is 225 g/mol. The second-order valence-corrected chi connectivity index (χ2v) is 5.28. The van der Waals surface area contributed by atoms with E-state index < -0.39 is 5.60 Å². The number of β-amino-alcohol motifs (C(OH)–C–C–N with tert-alkyl or cyclic N) is 1. The predicted molar refractivity (Wildman–Crippen MR) is 58.5 cm³/mol. The molecule has 0 radical (unpaired) electrons.